The van der Waals surface area contributed by atoms with Crippen molar-refractivity contribution in [3.8, 4) is 5.75 Å². The maximum Gasteiger partial charge on any atom is 0.419 e. The van der Waals surface area contributed by atoms with Gasteiger partial charge in [0, 0.05) is 19.6 Å². The van der Waals surface area contributed by atoms with Crippen LogP contribution in [0.2, 0.25) is 0 Å². The van der Waals surface area contributed by atoms with Gasteiger partial charge in [-0.25, -0.2) is 17.5 Å². The number of nitrogens with one attached hydrogen (secondary N) is 1. The number of para-hydroxylation sites is 1. The third kappa shape index (κ3) is 6.09. The van der Waals surface area contributed by atoms with E-state index in [-0.39, 0.29) is 23.3 Å². The van der Waals surface area contributed by atoms with Crippen LogP contribution >= 0.6 is 0 Å². The second-order valence-corrected chi connectivity index (χ2v) is 12.0. The lowest BCUT2D eigenvalue weighted by Gasteiger charge is -2.33. The minimum Gasteiger partial charge on any atom is -0.490 e. The summed E-state index contributed by atoms with van der Waals surface area (Å²) in [6.07, 6.45) is -1.00. The molecule has 1 N–H and O–H groups in total. The third-order valence-corrected chi connectivity index (χ3v) is 8.92. The van der Waals surface area contributed by atoms with Crippen molar-refractivity contribution < 1.29 is 35.5 Å². The number of halogens is 4. The Morgan fingerprint density at radius 3 is 2.32 bits per heavy atom. The Morgan fingerprint density at radius 2 is 1.70 bits per heavy atom. The monoisotopic (exact) mass is 540 g/mol. The van der Waals surface area contributed by atoms with E-state index in [2.05, 4.69) is 4.90 Å². The molecule has 1 saturated heterocycles. The highest BCUT2D eigenvalue weighted by molar-refractivity contribution is 7.91. The largest absolute Gasteiger partial charge is 0.490 e. The second-order valence-electron chi connectivity index (χ2n) is 10.1. The van der Waals surface area contributed by atoms with E-state index in [0.717, 1.165) is 30.0 Å². The lowest BCUT2D eigenvalue weighted by Crippen LogP contribution is -2.38. The molecular weight excluding hydrogens is 512 g/mol. The van der Waals surface area contributed by atoms with E-state index in [1.165, 1.54) is 30.3 Å². The Bertz CT molecular complexity index is 1280. The molecule has 0 spiro atoms. The maximum atomic E-state index is 15.0. The second kappa shape index (κ2) is 9.90. The lowest BCUT2D eigenvalue weighted by molar-refractivity contribution is -0.139. The smallest absolute Gasteiger partial charge is 0.419 e. The first-order chi connectivity index (χ1) is 17.5. The van der Waals surface area contributed by atoms with Crippen molar-refractivity contribution in [2.75, 3.05) is 13.1 Å². The number of hydrogen-bond acceptors (Lipinski definition) is 5. The van der Waals surface area contributed by atoms with Crippen molar-refractivity contribution in [2.45, 2.75) is 68.5 Å². The summed E-state index contributed by atoms with van der Waals surface area (Å²) in [5.41, 5.74) is 0.512. The lowest BCUT2D eigenvalue weighted by atomic mass is 9.97. The Balaban J connectivity index is 1.24. The number of rotatable bonds is 8. The minimum absolute atomic E-state index is 0.177. The summed E-state index contributed by atoms with van der Waals surface area (Å²) >= 11 is 0. The first kappa shape index (κ1) is 26.0. The van der Waals surface area contributed by atoms with Crippen LogP contribution in [-0.2, 0) is 22.7 Å². The summed E-state index contributed by atoms with van der Waals surface area (Å²) in [7, 11) is -3.79. The van der Waals surface area contributed by atoms with E-state index in [4.69, 9.17) is 4.74 Å². The van der Waals surface area contributed by atoms with Crippen molar-refractivity contribution in [3.63, 3.8) is 0 Å². The van der Waals surface area contributed by atoms with Crippen LogP contribution in [0.5, 0.6) is 5.75 Å². The zero-order valence-electron chi connectivity index (χ0n) is 20.1. The first-order valence-electron chi connectivity index (χ1n) is 12.4. The van der Waals surface area contributed by atoms with Gasteiger partial charge in [-0.3, -0.25) is 9.69 Å². The summed E-state index contributed by atoms with van der Waals surface area (Å²) in [4.78, 5) is 14.6. The molecule has 2 aromatic rings. The van der Waals surface area contributed by atoms with E-state index < -0.39 is 38.7 Å². The summed E-state index contributed by atoms with van der Waals surface area (Å²) in [6.45, 7) is 1.55. The van der Waals surface area contributed by atoms with Gasteiger partial charge in [-0.1, -0.05) is 12.1 Å². The number of nitrogens with zero attached hydrogens (tertiary/aromatic N) is 1. The normalized spacial score (nSPS) is 19.6. The Hall–Kier alpha value is -2.66. The fourth-order valence-electron chi connectivity index (χ4n) is 4.77. The van der Waals surface area contributed by atoms with Gasteiger partial charge in [-0.15, -0.1) is 0 Å². The molecule has 37 heavy (non-hydrogen) atoms. The molecule has 1 amide bonds. The molecule has 3 fully saturated rings. The summed E-state index contributed by atoms with van der Waals surface area (Å²) < 4.78 is 86.7. The Labute approximate surface area is 213 Å². The number of alkyl halides is 3. The average molecular weight is 541 g/mol. The van der Waals surface area contributed by atoms with Gasteiger partial charge >= 0.3 is 6.18 Å². The van der Waals surface area contributed by atoms with Crippen LogP contribution in [0.15, 0.2) is 36.4 Å². The van der Waals surface area contributed by atoms with Crippen molar-refractivity contribution in [1.29, 1.82) is 0 Å². The molecule has 2 aromatic carbocycles. The fourth-order valence-corrected chi connectivity index (χ4v) is 6.06. The highest BCUT2D eigenvalue weighted by Crippen LogP contribution is 2.43. The molecule has 0 radical (unpaired) electrons. The van der Waals surface area contributed by atoms with E-state index in [1.807, 2.05) is 4.72 Å². The standard InChI is InChI=1S/C26H28F4N2O4S/c27-23-13-17(20(16-5-6-16)14-21(23)25(33)31-37(34,35)19-7-8-19)15-32-11-9-18(10-12-32)36-24-4-2-1-3-22(24)26(28,29)30/h1-4,13-14,16,18-19H,5-12,15H2,(H,31,33). The summed E-state index contributed by atoms with van der Waals surface area (Å²) in [5.74, 6) is -1.70. The van der Waals surface area contributed by atoms with Gasteiger partial charge in [0.05, 0.1) is 16.4 Å². The molecule has 1 aliphatic heterocycles. The number of likely N-dealkylation sites (tertiary alicyclic amines) is 1. The van der Waals surface area contributed by atoms with Crippen molar-refractivity contribution >= 4 is 15.9 Å². The number of benzene rings is 2. The van der Waals surface area contributed by atoms with Crippen LogP contribution in [0.3, 0.4) is 0 Å². The van der Waals surface area contributed by atoms with Gasteiger partial charge in [0.25, 0.3) is 5.91 Å². The van der Waals surface area contributed by atoms with E-state index in [9.17, 15) is 30.8 Å². The van der Waals surface area contributed by atoms with E-state index in [0.29, 0.717) is 45.3 Å². The van der Waals surface area contributed by atoms with Gasteiger partial charge in [-0.2, -0.15) is 13.2 Å². The van der Waals surface area contributed by atoms with Crippen LogP contribution in [-0.4, -0.2) is 43.7 Å². The van der Waals surface area contributed by atoms with Crippen LogP contribution in [0.4, 0.5) is 17.6 Å². The quantitative estimate of drug-likeness (QED) is 0.478. The predicted molar refractivity (Wildman–Crippen MR) is 128 cm³/mol. The van der Waals surface area contributed by atoms with E-state index >= 15 is 0 Å². The SMILES string of the molecule is O=C(NS(=O)(=O)C1CC1)c1cc(C2CC2)c(CN2CCC(Oc3ccccc3C(F)(F)F)CC2)cc1F. The molecule has 1 heterocycles. The molecule has 0 atom stereocenters. The fraction of sp³-hybridized carbons (Fsp3) is 0.500. The highest BCUT2D eigenvalue weighted by atomic mass is 32.2. The minimum atomic E-state index is -4.49. The number of ether oxygens (including phenoxy) is 1. The van der Waals surface area contributed by atoms with Crippen molar-refractivity contribution in [3.05, 3.63) is 64.5 Å². The van der Waals surface area contributed by atoms with Crippen molar-refractivity contribution in [1.82, 2.24) is 9.62 Å². The highest BCUT2D eigenvalue weighted by Gasteiger charge is 2.38. The zero-order chi connectivity index (χ0) is 26.4. The number of piperidine rings is 1. The maximum absolute atomic E-state index is 15.0. The Kier molecular flexibility index (Phi) is 6.95. The molecule has 200 valence electrons. The zero-order valence-corrected chi connectivity index (χ0v) is 20.9. The Morgan fingerprint density at radius 1 is 1.03 bits per heavy atom. The molecule has 2 saturated carbocycles. The predicted octanol–water partition coefficient (Wildman–Crippen LogP) is 4.99. The molecule has 3 aliphatic rings. The van der Waals surface area contributed by atoms with Crippen LogP contribution in [0.25, 0.3) is 0 Å². The van der Waals surface area contributed by atoms with Gasteiger partial charge in [0.15, 0.2) is 0 Å². The molecule has 5 rings (SSSR count). The van der Waals surface area contributed by atoms with Gasteiger partial charge in [0.2, 0.25) is 10.0 Å². The van der Waals surface area contributed by atoms with E-state index in [1.54, 1.807) is 0 Å². The first-order valence-corrected chi connectivity index (χ1v) is 14.0. The van der Waals surface area contributed by atoms with Gasteiger partial charge in [0.1, 0.15) is 17.7 Å². The molecular formula is C26H28F4N2O4S. The van der Waals surface area contributed by atoms with Crippen LogP contribution in [0.1, 0.15) is 71.5 Å². The number of carbonyl (C=O) groups is 1. The third-order valence-electron chi connectivity index (χ3n) is 7.10. The molecule has 0 aromatic heterocycles. The van der Waals surface area contributed by atoms with Crippen molar-refractivity contribution in [2.24, 2.45) is 0 Å². The molecule has 0 unspecified atom stereocenters. The molecule has 6 nitrogen and oxygen atoms in total. The number of hydrogen-bond donors (Lipinski definition) is 1. The van der Waals surface area contributed by atoms with Crippen LogP contribution in [0, 0.1) is 5.82 Å². The topological polar surface area (TPSA) is 75.7 Å². The number of carbonyl (C=O) groups excluding carboxylic acids is 1. The average Bonchev–Trinajstić information content (AvgIpc) is 3.73. The number of amides is 1. The van der Waals surface area contributed by atoms with Gasteiger partial charge < -0.3 is 4.74 Å². The molecule has 11 heteroatoms. The summed E-state index contributed by atoms with van der Waals surface area (Å²) in [5, 5.41) is -0.587. The molecule has 0 bridgehead atoms. The van der Waals surface area contributed by atoms with Crippen LogP contribution < -0.4 is 9.46 Å². The van der Waals surface area contributed by atoms with Gasteiger partial charge in [-0.05, 0) is 79.8 Å². The number of sulfonamides is 1. The summed E-state index contributed by atoms with van der Waals surface area (Å²) in [6, 6.07) is 7.96. The molecule has 2 aliphatic carbocycles.